The Balaban J connectivity index is 0.000000214. The van der Waals surface area contributed by atoms with Gasteiger partial charge in [-0.15, -0.1) is 0 Å². The van der Waals surface area contributed by atoms with Crippen LogP contribution in [0.4, 0.5) is 5.82 Å². The molecule has 0 spiro atoms. The topological polar surface area (TPSA) is 153 Å². The molecule has 4 rings (SSSR count). The molecule has 0 unspecified atom stereocenters. The van der Waals surface area contributed by atoms with Crippen LogP contribution in [0.2, 0.25) is 15.5 Å². The zero-order chi connectivity index (χ0) is 27.5. The number of aromatic nitrogens is 4. The molecule has 2 aliphatic heterocycles. The van der Waals surface area contributed by atoms with Crippen LogP contribution in [-0.4, -0.2) is 118 Å². The smallest absolute Gasteiger partial charge is 0.198 e. The van der Waals surface area contributed by atoms with E-state index in [0.29, 0.717) is 36.2 Å². The van der Waals surface area contributed by atoms with E-state index in [1.807, 2.05) is 9.80 Å². The number of nitrogens with one attached hydrogen (secondary N) is 1. The van der Waals surface area contributed by atoms with Crippen LogP contribution in [0.3, 0.4) is 0 Å². The first-order chi connectivity index (χ1) is 17.5. The molecule has 12 nitrogen and oxygen atoms in total. The molecule has 2 aliphatic rings. The summed E-state index contributed by atoms with van der Waals surface area (Å²) in [5, 5.41) is 8.13. The van der Waals surface area contributed by atoms with Gasteiger partial charge in [0, 0.05) is 52.4 Å². The summed E-state index contributed by atoms with van der Waals surface area (Å²) < 4.78 is 1.09. The first-order valence-electron chi connectivity index (χ1n) is 11.0. The fourth-order valence-electron chi connectivity index (χ4n) is 3.01. The second-order valence-electron chi connectivity index (χ2n) is 8.01. The summed E-state index contributed by atoms with van der Waals surface area (Å²) in [5.74, 6) is 1.11. The zero-order valence-corrected chi connectivity index (χ0v) is 25.8. The van der Waals surface area contributed by atoms with E-state index in [4.69, 9.17) is 51.7 Å². The Bertz CT molecular complexity index is 1040. The maximum Gasteiger partial charge on any atom is 0.198 e. The summed E-state index contributed by atoms with van der Waals surface area (Å²) in [7, 11) is 4.17. The second kappa shape index (κ2) is 15.8. The molecule has 5 N–H and O–H groups in total. The normalized spacial score (nSPS) is 16.9. The van der Waals surface area contributed by atoms with E-state index in [2.05, 4.69) is 80.7 Å². The number of nitrogens with zero attached hydrogens (tertiary/aromatic N) is 9. The lowest BCUT2D eigenvalue weighted by atomic mass is 10.3. The Labute approximate surface area is 248 Å². The van der Waals surface area contributed by atoms with Gasteiger partial charge in [0.05, 0.1) is 8.95 Å². The highest BCUT2D eigenvalue weighted by Crippen LogP contribution is 2.28. The Morgan fingerprint density at radius 3 is 1.59 bits per heavy atom. The largest absolute Gasteiger partial charge is 0.370 e. The zero-order valence-electron chi connectivity index (χ0n) is 20.4. The van der Waals surface area contributed by atoms with Crippen molar-refractivity contribution in [2.45, 2.75) is 0 Å². The van der Waals surface area contributed by atoms with Crippen LogP contribution in [-0.2, 0) is 0 Å². The van der Waals surface area contributed by atoms with Crippen LogP contribution in [0, 0.1) is 5.41 Å². The predicted molar refractivity (Wildman–Crippen MR) is 156 cm³/mol. The second-order valence-corrected chi connectivity index (χ2v) is 10.7. The number of piperazine rings is 2. The van der Waals surface area contributed by atoms with E-state index in [9.17, 15) is 0 Å². The van der Waals surface area contributed by atoms with Gasteiger partial charge in [-0.3, -0.25) is 5.41 Å². The van der Waals surface area contributed by atoms with E-state index in [0.717, 1.165) is 52.4 Å². The molecule has 0 atom stereocenters. The van der Waals surface area contributed by atoms with Crippen molar-refractivity contribution in [3.05, 3.63) is 37.1 Å². The number of nitrogens with two attached hydrogens (primary N) is 2. The van der Waals surface area contributed by atoms with Gasteiger partial charge in [0.15, 0.2) is 17.7 Å². The van der Waals surface area contributed by atoms with Gasteiger partial charge in [-0.05, 0) is 46.0 Å². The summed E-state index contributed by atoms with van der Waals surface area (Å²) >= 11 is 23.3. The van der Waals surface area contributed by atoms with Crippen LogP contribution in [0.25, 0.3) is 0 Å². The minimum Gasteiger partial charge on any atom is -0.370 e. The summed E-state index contributed by atoms with van der Waals surface area (Å²) in [6, 6.07) is 0. The van der Waals surface area contributed by atoms with Gasteiger partial charge < -0.3 is 31.1 Å². The van der Waals surface area contributed by atoms with Crippen molar-refractivity contribution in [3.63, 3.8) is 0 Å². The SMILES string of the molecule is CN1CCN(C(=N)N)CC1.CN1CCN(C(N)=Nc2ncnc(Cl)c2Br)CC1.Clc1ncnc(Cl)c1Br. The number of aliphatic imine (C=N–C) groups is 1. The third kappa shape index (κ3) is 10.6. The molecule has 0 bridgehead atoms. The van der Waals surface area contributed by atoms with Gasteiger partial charge in [0.1, 0.15) is 28.1 Å². The maximum atomic E-state index is 7.14. The lowest BCUT2D eigenvalue weighted by Crippen LogP contribution is -2.49. The van der Waals surface area contributed by atoms with Crippen molar-refractivity contribution >= 4 is 84.4 Å². The average Bonchev–Trinajstić information content (AvgIpc) is 2.87. The predicted octanol–water partition coefficient (Wildman–Crippen LogP) is 2.76. The van der Waals surface area contributed by atoms with Gasteiger partial charge in [-0.2, -0.15) is 4.99 Å². The molecule has 2 fully saturated rings. The number of rotatable bonds is 1. The van der Waals surface area contributed by atoms with Crippen LogP contribution in [0.1, 0.15) is 0 Å². The molecule has 2 aromatic rings. The fraction of sp³-hybridized carbons (Fsp3) is 0.500. The molecule has 0 radical (unpaired) electrons. The summed E-state index contributed by atoms with van der Waals surface area (Å²) in [6.45, 7) is 7.49. The van der Waals surface area contributed by atoms with Crippen LogP contribution < -0.4 is 11.5 Å². The number of likely N-dealkylation sites (N-methyl/N-ethyl adjacent to an activating group) is 2. The third-order valence-electron chi connectivity index (χ3n) is 5.32. The molecule has 0 aliphatic carbocycles. The van der Waals surface area contributed by atoms with Gasteiger partial charge in [-0.25, -0.2) is 19.9 Å². The number of hydrogen-bond donors (Lipinski definition) is 3. The lowest BCUT2D eigenvalue weighted by molar-refractivity contribution is 0.213. The van der Waals surface area contributed by atoms with E-state index < -0.39 is 0 Å². The van der Waals surface area contributed by atoms with E-state index >= 15 is 0 Å². The highest BCUT2D eigenvalue weighted by atomic mass is 79.9. The van der Waals surface area contributed by atoms with Crippen molar-refractivity contribution in [1.82, 2.24) is 39.5 Å². The Kier molecular flexibility index (Phi) is 13.5. The molecule has 204 valence electrons. The minimum atomic E-state index is 0.202. The molecule has 0 aromatic carbocycles. The number of hydrogen-bond acceptors (Lipinski definition) is 8. The highest BCUT2D eigenvalue weighted by molar-refractivity contribution is 9.11. The van der Waals surface area contributed by atoms with Crippen molar-refractivity contribution in [1.29, 1.82) is 5.41 Å². The number of halogens is 5. The van der Waals surface area contributed by atoms with E-state index in [-0.39, 0.29) is 5.96 Å². The van der Waals surface area contributed by atoms with Crippen molar-refractivity contribution < 1.29 is 0 Å². The quantitative estimate of drug-likeness (QED) is 0.230. The van der Waals surface area contributed by atoms with E-state index in [1.54, 1.807) is 0 Å². The first kappa shape index (κ1) is 31.7. The average molecular weight is 704 g/mol. The van der Waals surface area contributed by atoms with Crippen LogP contribution >= 0.6 is 66.7 Å². The minimum absolute atomic E-state index is 0.202. The highest BCUT2D eigenvalue weighted by Gasteiger charge is 2.16. The van der Waals surface area contributed by atoms with Crippen LogP contribution in [0.15, 0.2) is 26.6 Å². The number of guanidine groups is 2. The Morgan fingerprint density at radius 1 is 0.757 bits per heavy atom. The lowest BCUT2D eigenvalue weighted by Gasteiger charge is -2.32. The molecule has 2 saturated heterocycles. The fourth-order valence-corrected chi connectivity index (χ4v) is 3.95. The van der Waals surface area contributed by atoms with Gasteiger partial charge in [0.25, 0.3) is 0 Å². The molecule has 4 heterocycles. The van der Waals surface area contributed by atoms with Gasteiger partial charge >= 0.3 is 0 Å². The van der Waals surface area contributed by atoms with Crippen molar-refractivity contribution in [2.75, 3.05) is 66.5 Å². The maximum absolute atomic E-state index is 7.14. The molecule has 17 heteroatoms. The summed E-state index contributed by atoms with van der Waals surface area (Å²) in [5.41, 5.74) is 11.3. The standard InChI is InChI=1S/C10H14BrClN6.C6H14N4.C4HBrCl2N2/c1-17-2-4-18(5-3-17)10(13)16-9-7(11)8(12)14-6-15-9;1-9-2-4-10(5-3-9)6(7)8;5-2-3(6)8-1-9-4(2)7/h6H,2-5H2,1H3,(H2,13,14,15,16);2-5H2,1H3,(H3,7,8);1H. The molecule has 2 aromatic heterocycles. The molecule has 37 heavy (non-hydrogen) atoms. The Morgan fingerprint density at radius 2 is 1.16 bits per heavy atom. The van der Waals surface area contributed by atoms with Crippen molar-refractivity contribution in [3.8, 4) is 0 Å². The van der Waals surface area contributed by atoms with Gasteiger partial charge in [0.2, 0.25) is 0 Å². The van der Waals surface area contributed by atoms with Crippen molar-refractivity contribution in [2.24, 2.45) is 16.5 Å². The van der Waals surface area contributed by atoms with E-state index in [1.165, 1.54) is 12.7 Å². The van der Waals surface area contributed by atoms with Gasteiger partial charge in [-0.1, -0.05) is 34.8 Å². The summed E-state index contributed by atoms with van der Waals surface area (Å²) in [4.78, 5) is 27.9. The van der Waals surface area contributed by atoms with Crippen LogP contribution in [0.5, 0.6) is 0 Å². The molecular formula is C20H29Br2Cl3N12. The summed E-state index contributed by atoms with van der Waals surface area (Å²) in [6.07, 6.45) is 2.67. The third-order valence-corrected chi connectivity index (χ3v) is 8.35. The Hall–Kier alpha value is -1.55. The molecule has 0 saturated carbocycles. The molecule has 0 amide bonds. The monoisotopic (exact) mass is 700 g/mol. The first-order valence-corrected chi connectivity index (χ1v) is 13.7. The molecular weight excluding hydrogens is 674 g/mol.